The van der Waals surface area contributed by atoms with Crippen molar-refractivity contribution < 1.29 is 24.6 Å². The van der Waals surface area contributed by atoms with Gasteiger partial charge in [0.25, 0.3) is 0 Å². The Morgan fingerprint density at radius 2 is 1.03 bits per heavy atom. The lowest BCUT2D eigenvalue weighted by molar-refractivity contribution is -0.463. The maximum absolute atomic E-state index is 12.4. The van der Waals surface area contributed by atoms with Crippen LogP contribution in [0.2, 0.25) is 0 Å². The largest absolute Gasteiger partial charge is 0.594 e. The Kier molecular flexibility index (Phi) is 5.43. The van der Waals surface area contributed by atoms with Crippen molar-refractivity contribution in [3.8, 4) is 0 Å². The fraction of sp³-hybridized carbons (Fsp3) is 0.143. The molecule has 29 heavy (non-hydrogen) atoms. The minimum absolute atomic E-state index is 0.0740. The molecule has 0 aliphatic heterocycles. The van der Waals surface area contributed by atoms with Crippen LogP contribution < -0.4 is 0 Å². The third-order valence-corrected chi connectivity index (χ3v) is 3.80. The van der Waals surface area contributed by atoms with Crippen LogP contribution in [0, 0.1) is 59.5 Å². The fourth-order valence-electron chi connectivity index (χ4n) is 2.55. The van der Waals surface area contributed by atoms with Crippen molar-refractivity contribution in [3.05, 3.63) is 81.1 Å². The molecular formula is C14H10N6O9. The number of azo groups is 1. The van der Waals surface area contributed by atoms with Gasteiger partial charge in [0.05, 0.1) is 19.7 Å². The minimum Gasteiger partial charge on any atom is -0.594 e. The Hall–Kier alpha value is -4.56. The molecule has 0 aliphatic carbocycles. The summed E-state index contributed by atoms with van der Waals surface area (Å²) in [6.45, 7) is 2.45. The quantitative estimate of drug-likeness (QED) is 0.294. The van der Waals surface area contributed by atoms with E-state index in [-0.39, 0.29) is 11.1 Å². The van der Waals surface area contributed by atoms with Crippen LogP contribution in [0.3, 0.4) is 0 Å². The highest BCUT2D eigenvalue weighted by atomic mass is 16.6. The summed E-state index contributed by atoms with van der Waals surface area (Å²) in [5, 5.41) is 60.7. The van der Waals surface area contributed by atoms with Gasteiger partial charge in [-0.1, -0.05) is 0 Å². The maximum Gasteiger partial charge on any atom is 0.420 e. The van der Waals surface area contributed by atoms with Crippen LogP contribution in [-0.2, 0) is 0 Å². The standard InChI is InChI=1S/C14H10N6O9/c1-7-3-5-9(13(19(26)27)11(7)17(22)23)15-16(21)10-6-4-8(2)12(18(24)25)14(10)20(28)29/h3-6H,1-2H3. The normalized spacial score (nSPS) is 11.2. The second-order valence-electron chi connectivity index (χ2n) is 5.60. The van der Waals surface area contributed by atoms with Crippen LogP contribution in [0.5, 0.6) is 0 Å². The monoisotopic (exact) mass is 406 g/mol. The molecule has 0 bridgehead atoms. The molecule has 15 heteroatoms. The van der Waals surface area contributed by atoms with E-state index in [4.69, 9.17) is 0 Å². The lowest BCUT2D eigenvalue weighted by Crippen LogP contribution is -2.04. The van der Waals surface area contributed by atoms with E-state index in [9.17, 15) is 45.7 Å². The number of aryl methyl sites for hydroxylation is 2. The van der Waals surface area contributed by atoms with Crippen LogP contribution in [0.15, 0.2) is 29.4 Å². The molecule has 0 saturated heterocycles. The number of hydrogen-bond donors (Lipinski definition) is 0. The highest BCUT2D eigenvalue weighted by molar-refractivity contribution is 5.72. The fourth-order valence-corrected chi connectivity index (χ4v) is 2.55. The van der Waals surface area contributed by atoms with Gasteiger partial charge in [0.1, 0.15) is 0 Å². The summed E-state index contributed by atoms with van der Waals surface area (Å²) in [6, 6.07) is 3.99. The van der Waals surface area contributed by atoms with Gasteiger partial charge < -0.3 is 5.21 Å². The lowest BCUT2D eigenvalue weighted by Gasteiger charge is -2.04. The molecule has 150 valence electrons. The first-order valence-electron chi connectivity index (χ1n) is 7.51. The topological polar surface area (TPSA) is 211 Å². The molecule has 15 nitrogen and oxygen atoms in total. The lowest BCUT2D eigenvalue weighted by atomic mass is 10.1. The van der Waals surface area contributed by atoms with Crippen molar-refractivity contribution in [3.63, 3.8) is 0 Å². The molecule has 0 atom stereocenters. The van der Waals surface area contributed by atoms with Gasteiger partial charge in [0.15, 0.2) is 0 Å². The minimum atomic E-state index is -1.17. The molecule has 2 aromatic carbocycles. The molecule has 0 radical (unpaired) electrons. The smallest absolute Gasteiger partial charge is 0.420 e. The second kappa shape index (κ2) is 7.59. The van der Waals surface area contributed by atoms with E-state index < -0.39 is 58.7 Å². The third kappa shape index (κ3) is 3.77. The maximum atomic E-state index is 12.4. The molecule has 2 rings (SSSR count). The van der Waals surface area contributed by atoms with E-state index in [1.807, 2.05) is 0 Å². The summed E-state index contributed by atoms with van der Waals surface area (Å²) < 4.78 is 0. The predicted octanol–water partition coefficient (Wildman–Crippen LogP) is 3.86. The molecule has 2 aromatic rings. The summed E-state index contributed by atoms with van der Waals surface area (Å²) in [6.07, 6.45) is 0. The van der Waals surface area contributed by atoms with Crippen molar-refractivity contribution in [1.29, 1.82) is 0 Å². The first kappa shape index (κ1) is 20.7. The molecule has 0 N–H and O–H groups in total. The number of benzene rings is 2. The highest BCUT2D eigenvalue weighted by Gasteiger charge is 2.38. The summed E-state index contributed by atoms with van der Waals surface area (Å²) in [4.78, 5) is 40.2. The zero-order chi connectivity index (χ0) is 22.0. The van der Waals surface area contributed by atoms with Crippen molar-refractivity contribution in [2.24, 2.45) is 5.11 Å². The zero-order valence-corrected chi connectivity index (χ0v) is 14.7. The van der Waals surface area contributed by atoms with Crippen LogP contribution in [0.25, 0.3) is 0 Å². The van der Waals surface area contributed by atoms with E-state index in [1.165, 1.54) is 13.8 Å². The molecule has 0 amide bonds. The van der Waals surface area contributed by atoms with Crippen molar-refractivity contribution >= 4 is 34.1 Å². The van der Waals surface area contributed by atoms with Gasteiger partial charge in [-0.05, 0) is 36.9 Å². The molecule has 0 saturated carbocycles. The number of nitro benzene ring substituents is 4. The van der Waals surface area contributed by atoms with Gasteiger partial charge in [-0.2, -0.15) is 0 Å². The van der Waals surface area contributed by atoms with Crippen molar-refractivity contribution in [1.82, 2.24) is 0 Å². The third-order valence-electron chi connectivity index (χ3n) is 3.80. The highest BCUT2D eigenvalue weighted by Crippen LogP contribution is 2.42. The molecule has 0 aliphatic rings. The van der Waals surface area contributed by atoms with E-state index in [0.717, 1.165) is 24.3 Å². The van der Waals surface area contributed by atoms with Gasteiger partial charge in [-0.3, -0.25) is 40.5 Å². The van der Waals surface area contributed by atoms with Crippen LogP contribution >= 0.6 is 0 Å². The van der Waals surface area contributed by atoms with E-state index in [0.29, 0.717) is 0 Å². The molecule has 0 unspecified atom stereocenters. The molecule has 0 fully saturated rings. The Morgan fingerprint density at radius 1 is 0.621 bits per heavy atom. The Balaban J connectivity index is 2.83. The second-order valence-corrected chi connectivity index (χ2v) is 5.60. The molecular weight excluding hydrogens is 396 g/mol. The molecule has 0 aromatic heterocycles. The van der Waals surface area contributed by atoms with E-state index in [1.54, 1.807) is 0 Å². The van der Waals surface area contributed by atoms with Crippen LogP contribution in [0.4, 0.5) is 34.1 Å². The van der Waals surface area contributed by atoms with Gasteiger partial charge in [-0.15, -0.1) is 0 Å². The Labute approximate surface area is 159 Å². The van der Waals surface area contributed by atoms with Gasteiger partial charge >= 0.3 is 28.4 Å². The van der Waals surface area contributed by atoms with E-state index in [2.05, 4.69) is 5.11 Å². The van der Waals surface area contributed by atoms with Gasteiger partial charge in [0, 0.05) is 22.3 Å². The number of hydrogen-bond acceptors (Lipinski definition) is 10. The number of rotatable bonds is 6. The number of nitrogens with zero attached hydrogens (tertiary/aromatic N) is 6. The van der Waals surface area contributed by atoms with Gasteiger partial charge in [0.2, 0.25) is 5.69 Å². The van der Waals surface area contributed by atoms with E-state index >= 15 is 0 Å². The zero-order valence-electron chi connectivity index (χ0n) is 14.7. The average molecular weight is 406 g/mol. The molecule has 0 spiro atoms. The average Bonchev–Trinajstić information content (AvgIpc) is 2.61. The molecule has 0 heterocycles. The van der Waals surface area contributed by atoms with Crippen LogP contribution in [0.1, 0.15) is 11.1 Å². The van der Waals surface area contributed by atoms with Crippen molar-refractivity contribution in [2.45, 2.75) is 13.8 Å². The SMILES string of the molecule is Cc1ccc(N=[N+]([O-])c2ccc(C)c([N+](=O)[O-])c2[N+](=O)[O-])c([N+](=O)[O-])c1[N+](=O)[O-]. The Morgan fingerprint density at radius 3 is 1.48 bits per heavy atom. The Bertz CT molecular complexity index is 1110. The summed E-state index contributed by atoms with van der Waals surface area (Å²) >= 11 is 0. The van der Waals surface area contributed by atoms with Crippen LogP contribution in [-0.4, -0.2) is 24.6 Å². The summed E-state index contributed by atoms with van der Waals surface area (Å²) in [7, 11) is 0. The van der Waals surface area contributed by atoms with Crippen molar-refractivity contribution in [2.75, 3.05) is 0 Å². The first-order valence-corrected chi connectivity index (χ1v) is 7.51. The first-order chi connectivity index (χ1) is 13.5. The summed E-state index contributed by atoms with van der Waals surface area (Å²) in [5.74, 6) is 0. The summed E-state index contributed by atoms with van der Waals surface area (Å²) in [5.41, 5.74) is -5.92. The number of nitro groups is 4. The van der Waals surface area contributed by atoms with Gasteiger partial charge in [-0.25, -0.2) is 0 Å². The predicted molar refractivity (Wildman–Crippen MR) is 94.4 cm³/mol.